The van der Waals surface area contributed by atoms with E-state index in [4.69, 9.17) is 11.6 Å². The van der Waals surface area contributed by atoms with E-state index in [1.807, 2.05) is 4.57 Å². The molecule has 0 amide bonds. The minimum Gasteiger partial charge on any atom is -0.360 e. The number of hydrogen-bond acceptors (Lipinski definition) is 5. The number of hydrogen-bond donors (Lipinski definition) is 1. The first-order chi connectivity index (χ1) is 6.84. The van der Waals surface area contributed by atoms with Gasteiger partial charge in [0.25, 0.3) is 0 Å². The van der Waals surface area contributed by atoms with Crippen LogP contribution in [0.15, 0.2) is 18.0 Å². The fourth-order valence-electron chi connectivity index (χ4n) is 0.965. The smallest absolute Gasteiger partial charge is 0.184 e. The van der Waals surface area contributed by atoms with E-state index in [2.05, 4.69) is 20.5 Å². The molecule has 0 bridgehead atoms. The van der Waals surface area contributed by atoms with Gasteiger partial charge in [0.05, 0.1) is 0 Å². The molecule has 74 valence electrons. The second-order valence-corrected chi connectivity index (χ2v) is 3.85. The molecule has 0 aliphatic heterocycles. The summed E-state index contributed by atoms with van der Waals surface area (Å²) in [5.74, 6) is 0. The van der Waals surface area contributed by atoms with Crippen molar-refractivity contribution in [3.8, 4) is 0 Å². The van der Waals surface area contributed by atoms with Crippen LogP contribution in [0, 0.1) is 0 Å². The lowest BCUT2D eigenvalue weighted by molar-refractivity contribution is 0.724. The number of nitrogens with one attached hydrogen (secondary N) is 1. The predicted octanol–water partition coefficient (Wildman–Crippen LogP) is 1.50. The van der Waals surface area contributed by atoms with Crippen molar-refractivity contribution >= 4 is 28.1 Å². The van der Waals surface area contributed by atoms with E-state index in [-0.39, 0.29) is 0 Å². The van der Waals surface area contributed by atoms with Crippen LogP contribution in [-0.2, 0) is 6.54 Å². The van der Waals surface area contributed by atoms with Crippen LogP contribution in [0.25, 0.3) is 0 Å². The van der Waals surface area contributed by atoms with E-state index in [0.717, 1.165) is 18.2 Å². The quantitative estimate of drug-likeness (QED) is 0.863. The van der Waals surface area contributed by atoms with Crippen LogP contribution in [0.3, 0.4) is 0 Å². The van der Waals surface area contributed by atoms with Crippen LogP contribution in [0.4, 0.5) is 5.13 Å². The van der Waals surface area contributed by atoms with Crippen molar-refractivity contribution in [1.82, 2.24) is 19.7 Å². The normalized spacial score (nSPS) is 10.4. The van der Waals surface area contributed by atoms with Gasteiger partial charge in [-0.3, -0.25) is 0 Å². The minimum absolute atomic E-state index is 0.529. The Morgan fingerprint density at radius 1 is 1.43 bits per heavy atom. The molecule has 7 heteroatoms. The molecule has 0 aromatic carbocycles. The molecule has 0 saturated heterocycles. The van der Waals surface area contributed by atoms with Crippen LogP contribution in [0.1, 0.15) is 0 Å². The summed E-state index contributed by atoms with van der Waals surface area (Å²) in [5.41, 5.74) is 0. The molecule has 2 aromatic rings. The SMILES string of the molecule is Clc1csc(NCCn2cnnc2)n1. The third-order valence-corrected chi connectivity index (χ3v) is 2.71. The molecule has 14 heavy (non-hydrogen) atoms. The maximum absolute atomic E-state index is 5.67. The van der Waals surface area contributed by atoms with E-state index in [0.29, 0.717) is 5.15 Å². The van der Waals surface area contributed by atoms with Crippen LogP contribution in [-0.4, -0.2) is 26.3 Å². The topological polar surface area (TPSA) is 55.6 Å². The Labute approximate surface area is 89.8 Å². The monoisotopic (exact) mass is 229 g/mol. The maximum atomic E-state index is 5.67. The molecule has 2 aromatic heterocycles. The van der Waals surface area contributed by atoms with Crippen molar-refractivity contribution < 1.29 is 0 Å². The van der Waals surface area contributed by atoms with Gasteiger partial charge in [-0.05, 0) is 0 Å². The summed E-state index contributed by atoms with van der Waals surface area (Å²) < 4.78 is 1.89. The van der Waals surface area contributed by atoms with E-state index in [1.165, 1.54) is 11.3 Å². The highest BCUT2D eigenvalue weighted by Crippen LogP contribution is 2.18. The van der Waals surface area contributed by atoms with Gasteiger partial charge in [-0.15, -0.1) is 21.5 Å². The number of rotatable bonds is 4. The second kappa shape index (κ2) is 4.39. The third kappa shape index (κ3) is 2.43. The molecule has 0 aliphatic carbocycles. The summed E-state index contributed by atoms with van der Waals surface area (Å²) >= 11 is 7.17. The molecule has 2 rings (SSSR count). The molecule has 5 nitrogen and oxygen atoms in total. The lowest BCUT2D eigenvalue weighted by Crippen LogP contribution is -2.08. The van der Waals surface area contributed by atoms with Gasteiger partial charge >= 0.3 is 0 Å². The summed E-state index contributed by atoms with van der Waals surface area (Å²) in [7, 11) is 0. The first-order valence-corrected chi connectivity index (χ1v) is 5.27. The summed E-state index contributed by atoms with van der Waals surface area (Å²) in [6.07, 6.45) is 3.35. The molecule has 0 aliphatic rings. The zero-order valence-electron chi connectivity index (χ0n) is 7.22. The molecule has 2 heterocycles. The number of nitrogens with zero attached hydrogens (tertiary/aromatic N) is 4. The molecular formula is C7H8ClN5S. The molecule has 1 N–H and O–H groups in total. The minimum atomic E-state index is 0.529. The van der Waals surface area contributed by atoms with E-state index in [1.54, 1.807) is 18.0 Å². The van der Waals surface area contributed by atoms with Gasteiger partial charge in [-0.1, -0.05) is 11.6 Å². The molecule has 0 fully saturated rings. The molecule has 0 atom stereocenters. The summed E-state index contributed by atoms with van der Waals surface area (Å²) in [6.45, 7) is 1.59. The average Bonchev–Trinajstić information content (AvgIpc) is 2.77. The zero-order chi connectivity index (χ0) is 9.80. The van der Waals surface area contributed by atoms with Crippen LogP contribution < -0.4 is 5.32 Å². The highest BCUT2D eigenvalue weighted by Gasteiger charge is 1.97. The number of aromatic nitrogens is 4. The fraction of sp³-hybridized carbons (Fsp3) is 0.286. The molecule has 0 radical (unpaired) electrons. The van der Waals surface area contributed by atoms with Crippen LogP contribution in [0.5, 0.6) is 0 Å². The van der Waals surface area contributed by atoms with Gasteiger partial charge in [0.15, 0.2) is 5.13 Å². The third-order valence-electron chi connectivity index (χ3n) is 1.59. The zero-order valence-corrected chi connectivity index (χ0v) is 8.79. The summed E-state index contributed by atoms with van der Waals surface area (Å²) in [5, 5.41) is 13.7. The van der Waals surface area contributed by atoms with E-state index < -0.39 is 0 Å². The van der Waals surface area contributed by atoms with Gasteiger partial charge in [-0.2, -0.15) is 0 Å². The first-order valence-electron chi connectivity index (χ1n) is 4.02. The molecular weight excluding hydrogens is 222 g/mol. The van der Waals surface area contributed by atoms with E-state index in [9.17, 15) is 0 Å². The Kier molecular flexibility index (Phi) is 2.95. The van der Waals surface area contributed by atoms with Crippen molar-refractivity contribution in [3.63, 3.8) is 0 Å². The molecule has 0 spiro atoms. The number of anilines is 1. The summed E-state index contributed by atoms with van der Waals surface area (Å²) in [6, 6.07) is 0. The number of halogens is 1. The van der Waals surface area contributed by atoms with Crippen molar-refractivity contribution in [1.29, 1.82) is 0 Å². The standard InChI is InChI=1S/C7H8ClN5S/c8-6-3-14-7(12-6)9-1-2-13-4-10-11-5-13/h3-5H,1-2H2,(H,9,12). The maximum Gasteiger partial charge on any atom is 0.184 e. The lowest BCUT2D eigenvalue weighted by Gasteiger charge is -2.01. The predicted molar refractivity (Wildman–Crippen MR) is 55.6 cm³/mol. The summed E-state index contributed by atoms with van der Waals surface area (Å²) in [4.78, 5) is 4.06. The Morgan fingerprint density at radius 3 is 2.86 bits per heavy atom. The van der Waals surface area contributed by atoms with Crippen LogP contribution in [0.2, 0.25) is 5.15 Å². The fourth-order valence-corrected chi connectivity index (χ4v) is 1.83. The first kappa shape index (κ1) is 9.42. The Bertz CT molecular complexity index is 384. The van der Waals surface area contributed by atoms with Gasteiger partial charge in [0.1, 0.15) is 17.8 Å². The van der Waals surface area contributed by atoms with Gasteiger partial charge in [0.2, 0.25) is 0 Å². The van der Waals surface area contributed by atoms with Gasteiger partial charge < -0.3 is 9.88 Å². The van der Waals surface area contributed by atoms with Crippen molar-refractivity contribution in [2.24, 2.45) is 0 Å². The van der Waals surface area contributed by atoms with Crippen molar-refractivity contribution in [2.75, 3.05) is 11.9 Å². The average molecular weight is 230 g/mol. The number of thiazole rings is 1. The highest BCUT2D eigenvalue weighted by atomic mass is 35.5. The van der Waals surface area contributed by atoms with Gasteiger partial charge in [-0.25, -0.2) is 4.98 Å². The lowest BCUT2D eigenvalue weighted by atomic mass is 10.6. The van der Waals surface area contributed by atoms with Crippen molar-refractivity contribution in [2.45, 2.75) is 6.54 Å². The Balaban J connectivity index is 1.78. The Hall–Kier alpha value is -1.14. The Morgan fingerprint density at radius 2 is 2.21 bits per heavy atom. The van der Waals surface area contributed by atoms with Crippen molar-refractivity contribution in [3.05, 3.63) is 23.2 Å². The highest BCUT2D eigenvalue weighted by molar-refractivity contribution is 7.14. The van der Waals surface area contributed by atoms with Crippen LogP contribution >= 0.6 is 22.9 Å². The van der Waals surface area contributed by atoms with Gasteiger partial charge in [0, 0.05) is 18.5 Å². The van der Waals surface area contributed by atoms with E-state index >= 15 is 0 Å². The molecule has 0 saturated carbocycles. The largest absolute Gasteiger partial charge is 0.360 e. The second-order valence-electron chi connectivity index (χ2n) is 2.60. The molecule has 0 unspecified atom stereocenters.